The first-order valence-corrected chi connectivity index (χ1v) is 16.1. The summed E-state index contributed by atoms with van der Waals surface area (Å²) >= 11 is 0. The zero-order valence-corrected chi connectivity index (χ0v) is 26.4. The predicted molar refractivity (Wildman–Crippen MR) is 174 cm³/mol. The number of likely N-dealkylation sites (N-methyl/N-ethyl adjacent to an activating group) is 1. The van der Waals surface area contributed by atoms with Gasteiger partial charge in [-0.25, -0.2) is 4.98 Å². The molecule has 3 aliphatic rings. The highest BCUT2D eigenvalue weighted by Crippen LogP contribution is 2.32. The van der Waals surface area contributed by atoms with Crippen LogP contribution in [0.4, 0.5) is 17.2 Å². The number of nitrogens with zero attached hydrogens (tertiary/aromatic N) is 5. The molecular formula is C33H48N8O3. The van der Waals surface area contributed by atoms with Gasteiger partial charge in [-0.3, -0.25) is 14.5 Å². The van der Waals surface area contributed by atoms with E-state index in [-0.39, 0.29) is 35.5 Å². The summed E-state index contributed by atoms with van der Waals surface area (Å²) in [7, 11) is 2.20. The van der Waals surface area contributed by atoms with Crippen LogP contribution in [0.25, 0.3) is 0 Å². The van der Waals surface area contributed by atoms with E-state index in [1.165, 1.54) is 24.6 Å². The number of nitrogens with one attached hydrogen (secondary N) is 2. The van der Waals surface area contributed by atoms with Crippen molar-refractivity contribution in [3.63, 3.8) is 0 Å². The average molecular weight is 605 g/mol. The molecule has 3 heterocycles. The number of benzene rings is 1. The first kappa shape index (κ1) is 31.7. The first-order chi connectivity index (χ1) is 21.2. The van der Waals surface area contributed by atoms with E-state index < -0.39 is 5.91 Å². The Kier molecular flexibility index (Phi) is 10.4. The highest BCUT2D eigenvalue weighted by molar-refractivity contribution is 5.96. The number of hydrogen-bond donors (Lipinski definition) is 3. The maximum absolute atomic E-state index is 12.5. The monoisotopic (exact) mass is 604 g/mol. The van der Waals surface area contributed by atoms with Crippen molar-refractivity contribution in [2.24, 2.45) is 5.73 Å². The summed E-state index contributed by atoms with van der Waals surface area (Å²) in [4.78, 5) is 41.5. The van der Waals surface area contributed by atoms with Gasteiger partial charge in [-0.15, -0.1) is 0 Å². The molecule has 2 aliphatic heterocycles. The van der Waals surface area contributed by atoms with E-state index in [9.17, 15) is 9.59 Å². The molecule has 2 aromatic rings. The van der Waals surface area contributed by atoms with Gasteiger partial charge in [0.05, 0.1) is 6.04 Å². The largest absolute Gasteiger partial charge is 0.471 e. The van der Waals surface area contributed by atoms with Crippen molar-refractivity contribution in [2.45, 2.75) is 76.5 Å². The Hall–Kier alpha value is -3.70. The van der Waals surface area contributed by atoms with Gasteiger partial charge < -0.3 is 30.9 Å². The third-order valence-electron chi connectivity index (χ3n) is 9.16. The second-order valence-corrected chi connectivity index (χ2v) is 12.6. The van der Waals surface area contributed by atoms with Crippen LogP contribution >= 0.6 is 0 Å². The normalized spacial score (nSPS) is 22.0. The van der Waals surface area contributed by atoms with Crippen LogP contribution in [-0.2, 0) is 4.79 Å². The lowest BCUT2D eigenvalue weighted by atomic mass is 9.92. The maximum Gasteiger partial charge on any atom is 0.271 e. The number of carbonyl (C=O) groups is 2. The van der Waals surface area contributed by atoms with E-state index >= 15 is 0 Å². The summed E-state index contributed by atoms with van der Waals surface area (Å²) in [5, 5.41) is 6.26. The van der Waals surface area contributed by atoms with Crippen molar-refractivity contribution >= 4 is 29.0 Å². The molecule has 2 unspecified atom stereocenters. The van der Waals surface area contributed by atoms with Crippen molar-refractivity contribution in [1.29, 1.82) is 0 Å². The molecule has 1 saturated carbocycles. The topological polar surface area (TPSA) is 129 Å². The van der Waals surface area contributed by atoms with Crippen molar-refractivity contribution in [3.05, 3.63) is 48.3 Å². The number of aromatic nitrogens is 2. The molecule has 0 bridgehead atoms. The highest BCUT2D eigenvalue weighted by atomic mass is 16.5. The van der Waals surface area contributed by atoms with E-state index in [2.05, 4.69) is 56.1 Å². The van der Waals surface area contributed by atoms with Crippen LogP contribution in [0.5, 0.6) is 5.88 Å². The quantitative estimate of drug-likeness (QED) is 0.348. The Balaban J connectivity index is 1.29. The lowest BCUT2D eigenvalue weighted by Gasteiger charge is -2.42. The Labute approximate surface area is 261 Å². The molecule has 11 nitrogen and oxygen atoms in total. The molecule has 4 N–H and O–H groups in total. The fourth-order valence-corrected chi connectivity index (χ4v) is 6.51. The van der Waals surface area contributed by atoms with Gasteiger partial charge in [0, 0.05) is 62.6 Å². The third kappa shape index (κ3) is 7.68. The summed E-state index contributed by atoms with van der Waals surface area (Å²) in [5.41, 5.74) is 8.34. The number of nitrogens with two attached hydrogens (primary N) is 1. The lowest BCUT2D eigenvalue weighted by Crippen LogP contribution is -2.52. The van der Waals surface area contributed by atoms with E-state index in [1.54, 1.807) is 0 Å². The molecule has 1 aliphatic carbocycles. The number of rotatable bonds is 10. The van der Waals surface area contributed by atoms with Crippen LogP contribution in [0, 0.1) is 0 Å². The van der Waals surface area contributed by atoms with Gasteiger partial charge in [0.15, 0.2) is 11.5 Å². The zero-order valence-electron chi connectivity index (χ0n) is 26.4. The van der Waals surface area contributed by atoms with Gasteiger partial charge in [-0.05, 0) is 69.5 Å². The SMILES string of the molecule is C=CC(=O)NC1CCCCC1Oc1nc(Nc2ccc(N3CCC(N4CCN(C)CC4)CC3)cc2)c(C(N)=O)nc1C(C)C. The van der Waals surface area contributed by atoms with Gasteiger partial charge >= 0.3 is 0 Å². The van der Waals surface area contributed by atoms with Crippen LogP contribution < -0.4 is 26.0 Å². The molecule has 0 spiro atoms. The smallest absolute Gasteiger partial charge is 0.271 e. The third-order valence-corrected chi connectivity index (χ3v) is 9.16. The number of primary amides is 1. The molecule has 44 heavy (non-hydrogen) atoms. The summed E-state index contributed by atoms with van der Waals surface area (Å²) in [6.45, 7) is 14.2. The van der Waals surface area contributed by atoms with Crippen LogP contribution in [-0.4, -0.2) is 96.1 Å². The summed E-state index contributed by atoms with van der Waals surface area (Å²) in [6, 6.07) is 8.69. The number of amides is 2. The van der Waals surface area contributed by atoms with Crippen LogP contribution in [0.15, 0.2) is 36.9 Å². The van der Waals surface area contributed by atoms with Gasteiger partial charge in [-0.2, -0.15) is 4.98 Å². The minimum absolute atomic E-state index is 0.0610. The van der Waals surface area contributed by atoms with Gasteiger partial charge in [0.1, 0.15) is 11.8 Å². The Bertz CT molecular complexity index is 1300. The molecule has 1 aromatic heterocycles. The Morgan fingerprint density at radius 3 is 2.32 bits per heavy atom. The Morgan fingerprint density at radius 2 is 1.68 bits per heavy atom. The van der Waals surface area contributed by atoms with Crippen LogP contribution in [0.1, 0.15) is 74.5 Å². The number of hydrogen-bond acceptors (Lipinski definition) is 9. The van der Waals surface area contributed by atoms with Crippen molar-refractivity contribution < 1.29 is 14.3 Å². The molecule has 2 amide bonds. The minimum Gasteiger partial charge on any atom is -0.471 e. The van der Waals surface area contributed by atoms with Gasteiger partial charge in [-0.1, -0.05) is 26.8 Å². The maximum atomic E-state index is 12.5. The second kappa shape index (κ2) is 14.4. The Morgan fingerprint density at radius 1 is 1.00 bits per heavy atom. The molecule has 2 atom stereocenters. The van der Waals surface area contributed by atoms with Crippen molar-refractivity contribution in [2.75, 3.05) is 56.5 Å². The predicted octanol–water partition coefficient (Wildman–Crippen LogP) is 3.65. The van der Waals surface area contributed by atoms with E-state index in [0.29, 0.717) is 17.6 Å². The summed E-state index contributed by atoms with van der Waals surface area (Å²) < 4.78 is 6.45. The van der Waals surface area contributed by atoms with Gasteiger partial charge in [0.25, 0.3) is 5.91 Å². The number of piperazine rings is 1. The van der Waals surface area contributed by atoms with Crippen molar-refractivity contribution in [3.8, 4) is 5.88 Å². The first-order valence-electron chi connectivity index (χ1n) is 16.1. The van der Waals surface area contributed by atoms with Crippen LogP contribution in [0.3, 0.4) is 0 Å². The number of carbonyl (C=O) groups excluding carboxylic acids is 2. The molecule has 0 radical (unpaired) electrons. The molecule has 11 heteroatoms. The van der Waals surface area contributed by atoms with E-state index in [1.807, 2.05) is 26.0 Å². The molecule has 3 fully saturated rings. The lowest BCUT2D eigenvalue weighted by molar-refractivity contribution is -0.118. The standard InChI is InChI=1S/C33H48N8O3/c1-5-28(42)36-26-8-6-7-9-27(26)44-33-29(22(2)3)37-30(31(34)43)32(38-33)35-23-10-12-24(13-11-23)40-16-14-25(15-17-40)41-20-18-39(4)19-21-41/h5,10-13,22,25-27H,1,6-9,14-21H2,2-4H3,(H2,34,43)(H,35,38)(H,36,42). The molecular weight excluding hydrogens is 556 g/mol. The molecule has 238 valence electrons. The van der Waals surface area contributed by atoms with E-state index in [4.69, 9.17) is 15.5 Å². The van der Waals surface area contributed by atoms with Gasteiger partial charge in [0.2, 0.25) is 11.8 Å². The highest BCUT2D eigenvalue weighted by Gasteiger charge is 2.31. The number of piperidine rings is 1. The van der Waals surface area contributed by atoms with Crippen LogP contribution in [0.2, 0.25) is 0 Å². The molecule has 5 rings (SSSR count). The van der Waals surface area contributed by atoms with Crippen molar-refractivity contribution in [1.82, 2.24) is 25.1 Å². The number of ether oxygens (including phenoxy) is 1. The average Bonchev–Trinajstić information content (AvgIpc) is 3.02. The van der Waals surface area contributed by atoms with E-state index in [0.717, 1.165) is 70.6 Å². The second-order valence-electron chi connectivity index (χ2n) is 12.6. The zero-order chi connectivity index (χ0) is 31.2. The minimum atomic E-state index is -0.665. The fourth-order valence-electron chi connectivity index (χ4n) is 6.51. The fraction of sp³-hybridized carbons (Fsp3) is 0.576. The molecule has 2 saturated heterocycles. The summed E-state index contributed by atoms with van der Waals surface area (Å²) in [6.07, 6.45) is 6.91. The number of anilines is 3. The summed E-state index contributed by atoms with van der Waals surface area (Å²) in [5.74, 6) is -0.358. The molecule has 1 aromatic carbocycles.